The van der Waals surface area contributed by atoms with E-state index >= 15 is 0 Å². The molecule has 3 aromatic rings. The van der Waals surface area contributed by atoms with Crippen molar-refractivity contribution in [3.8, 4) is 0 Å². The molecule has 3 aromatic heterocycles. The monoisotopic (exact) mass is 400 g/mol. The first-order valence-electron chi connectivity index (χ1n) is 9.61. The van der Waals surface area contributed by atoms with Crippen molar-refractivity contribution >= 4 is 33.3 Å². The Hall–Kier alpha value is -2.62. The Morgan fingerprint density at radius 1 is 1.39 bits per heavy atom. The molecule has 28 heavy (non-hydrogen) atoms. The highest BCUT2D eigenvalue weighted by molar-refractivity contribution is 7.18. The SMILES string of the molecule is CCc1c(C)sc2ncnc(N3CCCC(CNC(=O)Cn4cnnn4)C3)c12. The molecule has 1 saturated heterocycles. The van der Waals surface area contributed by atoms with Crippen LogP contribution < -0.4 is 10.2 Å². The second kappa shape index (κ2) is 8.17. The van der Waals surface area contributed by atoms with Crippen LogP contribution in [0.1, 0.15) is 30.2 Å². The lowest BCUT2D eigenvalue weighted by Crippen LogP contribution is -2.42. The van der Waals surface area contributed by atoms with E-state index in [1.807, 2.05) is 0 Å². The summed E-state index contributed by atoms with van der Waals surface area (Å²) in [4.78, 5) is 26.0. The maximum absolute atomic E-state index is 12.1. The molecular formula is C18H24N8OS. The van der Waals surface area contributed by atoms with Gasteiger partial charge in [0.2, 0.25) is 5.91 Å². The van der Waals surface area contributed by atoms with Crippen molar-refractivity contribution in [2.45, 2.75) is 39.7 Å². The lowest BCUT2D eigenvalue weighted by Gasteiger charge is -2.34. The standard InChI is InChI=1S/C18H24N8OS/c1-3-14-12(2)28-18-16(14)17(20-10-21-18)25-6-4-5-13(8-25)7-19-15(27)9-26-11-22-23-24-26/h10-11,13H,3-9H2,1-2H3,(H,19,27). The van der Waals surface area contributed by atoms with Gasteiger partial charge >= 0.3 is 0 Å². The summed E-state index contributed by atoms with van der Waals surface area (Å²) < 4.78 is 1.42. The Kier molecular flexibility index (Phi) is 5.47. The zero-order valence-electron chi connectivity index (χ0n) is 16.1. The third-order valence-electron chi connectivity index (χ3n) is 5.23. The number of amides is 1. The van der Waals surface area contributed by atoms with Gasteiger partial charge in [-0.3, -0.25) is 4.79 Å². The summed E-state index contributed by atoms with van der Waals surface area (Å²) in [5.41, 5.74) is 1.35. The van der Waals surface area contributed by atoms with Gasteiger partial charge in [0, 0.05) is 24.5 Å². The van der Waals surface area contributed by atoms with E-state index in [9.17, 15) is 4.79 Å². The number of thiophene rings is 1. The van der Waals surface area contributed by atoms with Crippen LogP contribution in [0.4, 0.5) is 5.82 Å². The molecule has 1 aliphatic heterocycles. The Balaban J connectivity index is 1.44. The predicted molar refractivity (Wildman–Crippen MR) is 107 cm³/mol. The predicted octanol–water partition coefficient (Wildman–Crippen LogP) is 1.58. The number of tetrazole rings is 1. The van der Waals surface area contributed by atoms with Crippen LogP contribution in [-0.2, 0) is 17.8 Å². The van der Waals surface area contributed by atoms with Gasteiger partial charge < -0.3 is 10.2 Å². The van der Waals surface area contributed by atoms with Crippen molar-refractivity contribution in [2.24, 2.45) is 5.92 Å². The van der Waals surface area contributed by atoms with Crippen LogP contribution in [0.5, 0.6) is 0 Å². The van der Waals surface area contributed by atoms with Gasteiger partial charge in [-0.2, -0.15) is 0 Å². The topological polar surface area (TPSA) is 102 Å². The van der Waals surface area contributed by atoms with Crippen LogP contribution in [0.2, 0.25) is 0 Å². The third-order valence-corrected chi connectivity index (χ3v) is 6.28. The fourth-order valence-corrected chi connectivity index (χ4v) is 4.96. The maximum Gasteiger partial charge on any atom is 0.241 e. The zero-order chi connectivity index (χ0) is 19.5. The van der Waals surface area contributed by atoms with Gasteiger partial charge in [-0.25, -0.2) is 14.6 Å². The van der Waals surface area contributed by atoms with Crippen LogP contribution in [0, 0.1) is 12.8 Å². The number of hydrogen-bond donors (Lipinski definition) is 1. The van der Waals surface area contributed by atoms with Crippen LogP contribution in [0.25, 0.3) is 10.2 Å². The maximum atomic E-state index is 12.1. The average molecular weight is 401 g/mol. The fourth-order valence-electron chi connectivity index (χ4n) is 3.89. The highest BCUT2D eigenvalue weighted by atomic mass is 32.1. The number of carbonyl (C=O) groups is 1. The first-order chi connectivity index (χ1) is 13.7. The van der Waals surface area contributed by atoms with E-state index in [0.29, 0.717) is 12.5 Å². The van der Waals surface area contributed by atoms with Gasteiger partial charge in [-0.15, -0.1) is 16.4 Å². The lowest BCUT2D eigenvalue weighted by atomic mass is 9.97. The largest absolute Gasteiger partial charge is 0.356 e. The fraction of sp³-hybridized carbons (Fsp3) is 0.556. The summed E-state index contributed by atoms with van der Waals surface area (Å²) >= 11 is 1.74. The van der Waals surface area contributed by atoms with Gasteiger partial charge in [0.05, 0.1) is 5.39 Å². The lowest BCUT2D eigenvalue weighted by molar-refractivity contribution is -0.122. The number of piperidine rings is 1. The number of rotatable bonds is 6. The number of carbonyl (C=O) groups excluding carboxylic acids is 1. The van der Waals surface area contributed by atoms with Crippen molar-refractivity contribution in [3.05, 3.63) is 23.1 Å². The summed E-state index contributed by atoms with van der Waals surface area (Å²) in [5, 5.41) is 15.0. The minimum absolute atomic E-state index is 0.0735. The molecule has 4 rings (SSSR count). The van der Waals surface area contributed by atoms with E-state index in [1.54, 1.807) is 17.7 Å². The minimum atomic E-state index is -0.0735. The van der Waals surface area contributed by atoms with Crippen LogP contribution in [0.3, 0.4) is 0 Å². The molecule has 1 N–H and O–H groups in total. The molecule has 1 aliphatic rings. The van der Waals surface area contributed by atoms with Crippen molar-refractivity contribution < 1.29 is 4.79 Å². The molecule has 0 bridgehead atoms. The van der Waals surface area contributed by atoms with Crippen LogP contribution in [-0.4, -0.2) is 55.7 Å². The molecular weight excluding hydrogens is 376 g/mol. The number of aryl methyl sites for hydroxylation is 2. The number of hydrogen-bond acceptors (Lipinski definition) is 8. The minimum Gasteiger partial charge on any atom is -0.356 e. The van der Waals surface area contributed by atoms with Crippen molar-refractivity contribution in [1.82, 2.24) is 35.5 Å². The molecule has 1 atom stereocenters. The summed E-state index contributed by atoms with van der Waals surface area (Å²) in [6.07, 6.45) is 6.28. The Morgan fingerprint density at radius 2 is 2.29 bits per heavy atom. The van der Waals surface area contributed by atoms with E-state index in [-0.39, 0.29) is 12.5 Å². The van der Waals surface area contributed by atoms with E-state index in [1.165, 1.54) is 26.8 Å². The average Bonchev–Trinajstić information content (AvgIpc) is 3.32. The smallest absolute Gasteiger partial charge is 0.241 e. The molecule has 0 spiro atoms. The van der Waals surface area contributed by atoms with E-state index in [4.69, 9.17) is 0 Å². The zero-order valence-corrected chi connectivity index (χ0v) is 16.9. The highest BCUT2D eigenvalue weighted by Gasteiger charge is 2.25. The summed E-state index contributed by atoms with van der Waals surface area (Å²) in [7, 11) is 0. The summed E-state index contributed by atoms with van der Waals surface area (Å²) in [5.74, 6) is 1.35. The summed E-state index contributed by atoms with van der Waals surface area (Å²) in [6, 6.07) is 0. The number of nitrogens with one attached hydrogen (secondary N) is 1. The molecule has 10 heteroatoms. The summed E-state index contributed by atoms with van der Waals surface area (Å²) in [6.45, 7) is 7.01. The molecule has 1 amide bonds. The quantitative estimate of drug-likeness (QED) is 0.670. The van der Waals surface area contributed by atoms with Crippen molar-refractivity contribution in [1.29, 1.82) is 0 Å². The molecule has 1 unspecified atom stereocenters. The molecule has 0 saturated carbocycles. The van der Waals surface area contributed by atoms with Gasteiger partial charge in [0.25, 0.3) is 0 Å². The third kappa shape index (κ3) is 3.82. The van der Waals surface area contributed by atoms with E-state index in [2.05, 4.69) is 49.6 Å². The Morgan fingerprint density at radius 3 is 3.07 bits per heavy atom. The number of fused-ring (bicyclic) bond motifs is 1. The van der Waals surface area contributed by atoms with E-state index < -0.39 is 0 Å². The molecule has 1 fully saturated rings. The molecule has 0 aromatic carbocycles. The Bertz CT molecular complexity index is 954. The number of nitrogens with zero attached hydrogens (tertiary/aromatic N) is 7. The number of anilines is 1. The van der Waals surface area contributed by atoms with Crippen molar-refractivity contribution in [3.63, 3.8) is 0 Å². The van der Waals surface area contributed by atoms with Crippen molar-refractivity contribution in [2.75, 3.05) is 24.5 Å². The second-order valence-electron chi connectivity index (χ2n) is 7.13. The first kappa shape index (κ1) is 18.7. The molecule has 0 radical (unpaired) electrons. The van der Waals surface area contributed by atoms with E-state index in [0.717, 1.165) is 43.0 Å². The highest BCUT2D eigenvalue weighted by Crippen LogP contribution is 2.36. The van der Waals surface area contributed by atoms with Gasteiger partial charge in [0.15, 0.2) is 0 Å². The molecule has 9 nitrogen and oxygen atoms in total. The van der Waals surface area contributed by atoms with Gasteiger partial charge in [0.1, 0.15) is 29.8 Å². The molecule has 148 valence electrons. The second-order valence-corrected chi connectivity index (χ2v) is 8.34. The molecule has 0 aliphatic carbocycles. The Labute approximate surface area is 167 Å². The van der Waals surface area contributed by atoms with Gasteiger partial charge in [-0.05, 0) is 48.1 Å². The van der Waals surface area contributed by atoms with Crippen LogP contribution >= 0.6 is 11.3 Å². The van der Waals surface area contributed by atoms with Crippen LogP contribution in [0.15, 0.2) is 12.7 Å². The van der Waals surface area contributed by atoms with Gasteiger partial charge in [-0.1, -0.05) is 6.92 Å². The normalized spacial score (nSPS) is 17.2. The first-order valence-corrected chi connectivity index (χ1v) is 10.4. The number of aromatic nitrogens is 6. The molecule has 4 heterocycles.